The van der Waals surface area contributed by atoms with Crippen LogP contribution in [-0.4, -0.2) is 23.6 Å². The number of nitrogens with one attached hydrogen (secondary N) is 1. The van der Waals surface area contributed by atoms with Gasteiger partial charge in [-0.15, -0.1) is 0 Å². The third-order valence-electron chi connectivity index (χ3n) is 4.80. The minimum absolute atomic E-state index is 0.0705. The Morgan fingerprint density at radius 2 is 1.76 bits per heavy atom. The first-order chi connectivity index (χ1) is 11.9. The van der Waals surface area contributed by atoms with Crippen LogP contribution in [0.3, 0.4) is 0 Å². The summed E-state index contributed by atoms with van der Waals surface area (Å²) in [4.78, 5) is 11.3. The van der Waals surface area contributed by atoms with Crippen LogP contribution >= 0.6 is 0 Å². The Labute approximate surface area is 149 Å². The zero-order chi connectivity index (χ0) is 17.7. The predicted molar refractivity (Wildman–Crippen MR) is 100 cm³/mol. The van der Waals surface area contributed by atoms with Crippen molar-refractivity contribution in [3.05, 3.63) is 71.3 Å². The molecule has 0 radical (unpaired) electrons. The van der Waals surface area contributed by atoms with Crippen LogP contribution in [0.2, 0.25) is 0 Å². The number of hydroxylamine groups is 2. The molecule has 2 unspecified atom stereocenters. The van der Waals surface area contributed by atoms with Crippen molar-refractivity contribution in [3.8, 4) is 0 Å². The molecule has 1 aliphatic carbocycles. The number of hydrogen-bond acceptors (Lipinski definition) is 4. The fraction of sp³-hybridized carbons (Fsp3) is 0.381. The number of aliphatic imine (C=N–C) groups is 1. The van der Waals surface area contributed by atoms with Gasteiger partial charge in [-0.3, -0.25) is 0 Å². The first kappa shape index (κ1) is 16.2. The maximum absolute atomic E-state index is 6.31. The molecule has 0 amide bonds. The smallest absolute Gasteiger partial charge is 0.221 e. The average Bonchev–Trinajstić information content (AvgIpc) is 3.05. The van der Waals surface area contributed by atoms with Crippen molar-refractivity contribution in [2.45, 2.75) is 44.4 Å². The second-order valence-corrected chi connectivity index (χ2v) is 7.94. The summed E-state index contributed by atoms with van der Waals surface area (Å²) in [6, 6.07) is 19.2. The lowest BCUT2D eigenvalue weighted by Crippen LogP contribution is -2.46. The Morgan fingerprint density at radius 3 is 2.48 bits per heavy atom. The van der Waals surface area contributed by atoms with E-state index in [0.29, 0.717) is 5.92 Å². The summed E-state index contributed by atoms with van der Waals surface area (Å²) in [7, 11) is 1.92. The number of benzene rings is 2. The highest BCUT2D eigenvalue weighted by Crippen LogP contribution is 2.52. The van der Waals surface area contributed by atoms with Gasteiger partial charge in [0.15, 0.2) is 0 Å². The van der Waals surface area contributed by atoms with Crippen molar-refractivity contribution in [1.29, 1.82) is 0 Å². The van der Waals surface area contributed by atoms with Gasteiger partial charge in [-0.1, -0.05) is 54.6 Å². The van der Waals surface area contributed by atoms with E-state index in [9.17, 15) is 0 Å². The largest absolute Gasteiger partial charge is 0.350 e. The Balaban J connectivity index is 1.77. The number of fused-ring (bicyclic) bond motifs is 2. The Kier molecular flexibility index (Phi) is 3.62. The first-order valence-corrected chi connectivity index (χ1v) is 8.83. The maximum Gasteiger partial charge on any atom is 0.221 e. The van der Waals surface area contributed by atoms with Gasteiger partial charge in [-0.25, -0.2) is 14.9 Å². The molecule has 2 aromatic carbocycles. The van der Waals surface area contributed by atoms with Gasteiger partial charge >= 0.3 is 0 Å². The van der Waals surface area contributed by atoms with Gasteiger partial charge in [0.05, 0.1) is 0 Å². The van der Waals surface area contributed by atoms with E-state index in [1.165, 1.54) is 16.7 Å². The third kappa shape index (κ3) is 2.81. The van der Waals surface area contributed by atoms with E-state index in [-0.39, 0.29) is 5.54 Å². The molecule has 0 bridgehead atoms. The Morgan fingerprint density at radius 1 is 1.08 bits per heavy atom. The van der Waals surface area contributed by atoms with Crippen molar-refractivity contribution >= 4 is 5.96 Å². The summed E-state index contributed by atoms with van der Waals surface area (Å²) in [6.07, 6.45) is 0.815. The van der Waals surface area contributed by atoms with Gasteiger partial charge < -0.3 is 5.32 Å². The minimum Gasteiger partial charge on any atom is -0.350 e. The van der Waals surface area contributed by atoms with Gasteiger partial charge in [0.25, 0.3) is 0 Å². The minimum atomic E-state index is -0.639. The van der Waals surface area contributed by atoms with Crippen molar-refractivity contribution in [2.75, 3.05) is 7.05 Å². The van der Waals surface area contributed by atoms with Crippen LogP contribution in [0, 0.1) is 0 Å². The van der Waals surface area contributed by atoms with E-state index in [4.69, 9.17) is 9.83 Å². The molecule has 1 heterocycles. The number of hydrogen-bond donors (Lipinski definition) is 1. The Hall–Kier alpha value is -2.33. The number of guanidine groups is 1. The van der Waals surface area contributed by atoms with Crippen molar-refractivity contribution in [3.63, 3.8) is 0 Å². The van der Waals surface area contributed by atoms with Crippen LogP contribution in [0.1, 0.15) is 49.8 Å². The summed E-state index contributed by atoms with van der Waals surface area (Å²) in [5.74, 6) is 1.08. The maximum atomic E-state index is 6.31. The van der Waals surface area contributed by atoms with Gasteiger partial charge in [0, 0.05) is 30.5 Å². The quantitative estimate of drug-likeness (QED) is 0.856. The molecular weight excluding hydrogens is 310 g/mol. The molecule has 25 heavy (non-hydrogen) atoms. The van der Waals surface area contributed by atoms with Crippen LogP contribution in [0.4, 0.5) is 0 Å². The fourth-order valence-electron chi connectivity index (χ4n) is 3.80. The summed E-state index contributed by atoms with van der Waals surface area (Å²) < 4.78 is 0. The standard InChI is InChI=1S/C21H25N3O/c1-20(2,3)22-19-23-21(25-24(19)4)14-17(15-10-6-5-7-11-15)16-12-8-9-13-18(16)21/h5-13,17H,14H2,1-4H3,(H,22,23). The lowest BCUT2D eigenvalue weighted by molar-refractivity contribution is -0.173. The van der Waals surface area contributed by atoms with Crippen molar-refractivity contribution in [1.82, 2.24) is 10.4 Å². The molecule has 130 valence electrons. The third-order valence-corrected chi connectivity index (χ3v) is 4.80. The molecule has 1 spiro atoms. The normalized spacial score (nSPS) is 25.2. The second kappa shape index (κ2) is 5.60. The van der Waals surface area contributed by atoms with Crippen LogP contribution in [0.15, 0.2) is 59.6 Å². The van der Waals surface area contributed by atoms with E-state index < -0.39 is 5.72 Å². The first-order valence-electron chi connectivity index (χ1n) is 8.83. The summed E-state index contributed by atoms with van der Waals surface area (Å²) >= 11 is 0. The number of rotatable bonds is 1. The van der Waals surface area contributed by atoms with Gasteiger partial charge in [-0.2, -0.15) is 0 Å². The molecule has 0 fully saturated rings. The van der Waals surface area contributed by atoms with E-state index in [2.05, 4.69) is 80.7 Å². The van der Waals surface area contributed by atoms with Crippen LogP contribution in [0.25, 0.3) is 0 Å². The topological polar surface area (TPSA) is 36.9 Å². The van der Waals surface area contributed by atoms with E-state index in [1.54, 1.807) is 5.06 Å². The van der Waals surface area contributed by atoms with Crippen LogP contribution in [0.5, 0.6) is 0 Å². The van der Waals surface area contributed by atoms with Gasteiger partial charge in [0.1, 0.15) is 0 Å². The Bertz CT molecular complexity index is 809. The molecule has 0 aromatic heterocycles. The predicted octanol–water partition coefficient (Wildman–Crippen LogP) is 4.00. The molecule has 4 rings (SSSR count). The fourth-order valence-corrected chi connectivity index (χ4v) is 3.80. The summed E-state index contributed by atoms with van der Waals surface area (Å²) in [5.41, 5.74) is 3.08. The average molecular weight is 335 g/mol. The highest BCUT2D eigenvalue weighted by molar-refractivity contribution is 5.81. The molecule has 0 saturated heterocycles. The van der Waals surface area contributed by atoms with Crippen molar-refractivity contribution < 1.29 is 4.84 Å². The SMILES string of the molecule is CN1OC2(CC(c3ccccc3)c3ccccc32)N=C1NC(C)(C)C. The summed E-state index contributed by atoms with van der Waals surface area (Å²) in [6.45, 7) is 6.39. The lowest BCUT2D eigenvalue weighted by Gasteiger charge is -2.25. The van der Waals surface area contributed by atoms with E-state index in [0.717, 1.165) is 12.4 Å². The van der Waals surface area contributed by atoms with Crippen molar-refractivity contribution in [2.24, 2.45) is 4.99 Å². The molecule has 4 nitrogen and oxygen atoms in total. The zero-order valence-corrected chi connectivity index (χ0v) is 15.3. The molecule has 2 aliphatic rings. The van der Waals surface area contributed by atoms with Gasteiger partial charge in [0.2, 0.25) is 11.7 Å². The summed E-state index contributed by atoms with van der Waals surface area (Å²) in [5, 5.41) is 5.23. The monoisotopic (exact) mass is 335 g/mol. The number of nitrogens with zero attached hydrogens (tertiary/aromatic N) is 2. The van der Waals surface area contributed by atoms with E-state index in [1.807, 2.05) is 7.05 Å². The molecule has 0 saturated carbocycles. The van der Waals surface area contributed by atoms with Gasteiger partial charge in [-0.05, 0) is 31.9 Å². The zero-order valence-electron chi connectivity index (χ0n) is 15.3. The van der Waals surface area contributed by atoms with E-state index >= 15 is 0 Å². The molecule has 2 atom stereocenters. The highest BCUT2D eigenvalue weighted by Gasteiger charge is 2.50. The van der Waals surface area contributed by atoms with Crippen LogP contribution < -0.4 is 5.32 Å². The lowest BCUT2D eigenvalue weighted by atomic mass is 9.93. The highest BCUT2D eigenvalue weighted by atomic mass is 16.7. The van der Waals surface area contributed by atoms with Crippen LogP contribution in [-0.2, 0) is 10.6 Å². The molecule has 1 aliphatic heterocycles. The molecule has 4 heteroatoms. The second-order valence-electron chi connectivity index (χ2n) is 7.94. The molecule has 1 N–H and O–H groups in total. The molecule has 2 aromatic rings. The molecular formula is C21H25N3O.